The van der Waals surface area contributed by atoms with Gasteiger partial charge in [-0.3, -0.25) is 9.69 Å². The smallest absolute Gasteiger partial charge is 0.240 e. The zero-order valence-corrected chi connectivity index (χ0v) is 20.7. The second kappa shape index (κ2) is 11.3. The molecule has 1 aliphatic rings. The summed E-state index contributed by atoms with van der Waals surface area (Å²) in [7, 11) is -3.72. The topological polar surface area (TPSA) is 78.5 Å². The maximum Gasteiger partial charge on any atom is 0.240 e. The Hall–Kier alpha value is -1.87. The van der Waals surface area contributed by atoms with Crippen LogP contribution in [0.25, 0.3) is 0 Å². The van der Waals surface area contributed by atoms with Gasteiger partial charge in [0, 0.05) is 23.9 Å². The standard InChI is InChI=1S/C24H33N3O3S2/c1-18(2)24(28)26-22-15-21(10-11-23(22)31-3)32(29,30)25-16-19-8-7-9-20(14-19)17-27-12-5-4-6-13-27/h7-11,14-15,18,25H,4-6,12-13,16-17H2,1-3H3,(H,26,28). The van der Waals surface area contributed by atoms with Gasteiger partial charge in [-0.2, -0.15) is 0 Å². The van der Waals surface area contributed by atoms with Gasteiger partial charge in [-0.15, -0.1) is 11.8 Å². The fourth-order valence-electron chi connectivity index (χ4n) is 3.70. The molecular weight excluding hydrogens is 442 g/mol. The van der Waals surface area contributed by atoms with Crippen LogP contribution in [0.1, 0.15) is 44.2 Å². The summed E-state index contributed by atoms with van der Waals surface area (Å²) < 4.78 is 28.6. The lowest BCUT2D eigenvalue weighted by atomic mass is 10.1. The Morgan fingerprint density at radius 1 is 1.06 bits per heavy atom. The molecule has 3 rings (SSSR count). The van der Waals surface area contributed by atoms with Crippen LogP contribution in [0.5, 0.6) is 0 Å². The molecule has 8 heteroatoms. The fourth-order valence-corrected chi connectivity index (χ4v) is 5.28. The summed E-state index contributed by atoms with van der Waals surface area (Å²) in [5.41, 5.74) is 2.64. The number of piperidine rings is 1. The number of anilines is 1. The molecular formula is C24H33N3O3S2. The van der Waals surface area contributed by atoms with E-state index in [1.807, 2.05) is 18.4 Å². The van der Waals surface area contributed by atoms with Crippen molar-refractivity contribution >= 4 is 33.4 Å². The molecule has 1 heterocycles. The van der Waals surface area contributed by atoms with Crippen molar-refractivity contribution in [2.24, 2.45) is 5.92 Å². The molecule has 1 saturated heterocycles. The average Bonchev–Trinajstić information content (AvgIpc) is 2.78. The molecule has 0 spiro atoms. The van der Waals surface area contributed by atoms with E-state index in [0.717, 1.165) is 30.1 Å². The lowest BCUT2D eigenvalue weighted by Gasteiger charge is -2.26. The number of rotatable bonds is 9. The Kier molecular flexibility index (Phi) is 8.76. The van der Waals surface area contributed by atoms with Crippen molar-refractivity contribution in [3.63, 3.8) is 0 Å². The normalized spacial score (nSPS) is 15.1. The SMILES string of the molecule is CSc1ccc(S(=O)(=O)NCc2cccc(CN3CCCCC3)c2)cc1NC(=O)C(C)C. The van der Waals surface area contributed by atoms with Crippen molar-refractivity contribution in [1.29, 1.82) is 0 Å². The van der Waals surface area contributed by atoms with E-state index in [1.165, 1.54) is 42.7 Å². The van der Waals surface area contributed by atoms with Gasteiger partial charge in [-0.25, -0.2) is 13.1 Å². The highest BCUT2D eigenvalue weighted by atomic mass is 32.2. The predicted molar refractivity (Wildman–Crippen MR) is 131 cm³/mol. The Bertz CT molecular complexity index is 1030. The first-order chi connectivity index (χ1) is 15.3. The highest BCUT2D eigenvalue weighted by Gasteiger charge is 2.18. The lowest BCUT2D eigenvalue weighted by Crippen LogP contribution is -2.29. The molecule has 0 radical (unpaired) electrons. The van der Waals surface area contributed by atoms with Gasteiger partial charge in [0.05, 0.1) is 10.6 Å². The van der Waals surface area contributed by atoms with E-state index in [9.17, 15) is 13.2 Å². The van der Waals surface area contributed by atoms with Crippen LogP contribution in [0.15, 0.2) is 52.3 Å². The number of likely N-dealkylation sites (tertiary alicyclic amines) is 1. The summed E-state index contributed by atoms with van der Waals surface area (Å²) in [6.07, 6.45) is 5.69. The van der Waals surface area contributed by atoms with Crippen LogP contribution in [-0.4, -0.2) is 38.6 Å². The molecule has 1 aliphatic heterocycles. The highest BCUT2D eigenvalue weighted by molar-refractivity contribution is 7.98. The number of thioether (sulfide) groups is 1. The molecule has 174 valence electrons. The Morgan fingerprint density at radius 3 is 2.47 bits per heavy atom. The van der Waals surface area contributed by atoms with Gasteiger partial charge < -0.3 is 5.32 Å². The van der Waals surface area contributed by atoms with Crippen molar-refractivity contribution in [2.75, 3.05) is 24.7 Å². The van der Waals surface area contributed by atoms with Crippen LogP contribution in [0, 0.1) is 5.92 Å². The number of carbonyl (C=O) groups excluding carboxylic acids is 1. The number of nitrogens with zero attached hydrogens (tertiary/aromatic N) is 1. The van der Waals surface area contributed by atoms with Gasteiger partial charge in [-0.05, 0) is 61.5 Å². The highest BCUT2D eigenvalue weighted by Crippen LogP contribution is 2.28. The van der Waals surface area contributed by atoms with Crippen LogP contribution in [0.3, 0.4) is 0 Å². The van der Waals surface area contributed by atoms with E-state index in [0.29, 0.717) is 5.69 Å². The minimum Gasteiger partial charge on any atom is -0.325 e. The molecule has 6 nitrogen and oxygen atoms in total. The zero-order chi connectivity index (χ0) is 23.1. The Morgan fingerprint density at radius 2 is 1.78 bits per heavy atom. The summed E-state index contributed by atoms with van der Waals surface area (Å²) in [5, 5.41) is 2.84. The summed E-state index contributed by atoms with van der Waals surface area (Å²) >= 11 is 1.46. The second-order valence-electron chi connectivity index (χ2n) is 8.49. The molecule has 32 heavy (non-hydrogen) atoms. The van der Waals surface area contributed by atoms with E-state index >= 15 is 0 Å². The third-order valence-corrected chi connectivity index (χ3v) is 7.77. The van der Waals surface area contributed by atoms with E-state index in [2.05, 4.69) is 27.1 Å². The van der Waals surface area contributed by atoms with Crippen LogP contribution in [0.4, 0.5) is 5.69 Å². The van der Waals surface area contributed by atoms with Gasteiger partial charge in [0.15, 0.2) is 0 Å². The molecule has 0 bridgehead atoms. The predicted octanol–water partition coefficient (Wildman–Crippen LogP) is 4.47. The van der Waals surface area contributed by atoms with Crippen LogP contribution in [0.2, 0.25) is 0 Å². The summed E-state index contributed by atoms with van der Waals surface area (Å²) in [5.74, 6) is -0.339. The molecule has 2 N–H and O–H groups in total. The largest absolute Gasteiger partial charge is 0.325 e. The van der Waals surface area contributed by atoms with Crippen molar-refractivity contribution in [3.05, 3.63) is 53.6 Å². The minimum atomic E-state index is -3.72. The van der Waals surface area contributed by atoms with Crippen LogP contribution >= 0.6 is 11.8 Å². The Balaban J connectivity index is 1.69. The third-order valence-electron chi connectivity index (χ3n) is 5.58. The first kappa shape index (κ1) is 24.8. The minimum absolute atomic E-state index is 0.138. The van der Waals surface area contributed by atoms with E-state index < -0.39 is 10.0 Å². The van der Waals surface area contributed by atoms with Crippen LogP contribution < -0.4 is 10.0 Å². The number of benzene rings is 2. The first-order valence-electron chi connectivity index (χ1n) is 11.1. The van der Waals surface area contributed by atoms with Crippen molar-refractivity contribution in [3.8, 4) is 0 Å². The maximum atomic E-state index is 12.9. The van der Waals surface area contributed by atoms with Crippen molar-refractivity contribution < 1.29 is 13.2 Å². The number of hydrogen-bond donors (Lipinski definition) is 2. The van der Waals surface area contributed by atoms with Gasteiger partial charge in [0.2, 0.25) is 15.9 Å². The number of carbonyl (C=O) groups is 1. The van der Waals surface area contributed by atoms with Crippen molar-refractivity contribution in [2.45, 2.75) is 56.0 Å². The number of amides is 1. The summed E-state index contributed by atoms with van der Waals surface area (Å²) in [4.78, 5) is 15.5. The van der Waals surface area contributed by atoms with Gasteiger partial charge in [0.25, 0.3) is 0 Å². The fraction of sp³-hybridized carbons (Fsp3) is 0.458. The second-order valence-corrected chi connectivity index (χ2v) is 11.1. The molecule has 0 saturated carbocycles. The number of nitrogens with one attached hydrogen (secondary N) is 2. The molecule has 2 aromatic carbocycles. The first-order valence-corrected chi connectivity index (χ1v) is 13.8. The van der Waals surface area contributed by atoms with E-state index in [1.54, 1.807) is 26.0 Å². The molecule has 0 aliphatic carbocycles. The molecule has 0 aromatic heterocycles. The summed E-state index contributed by atoms with van der Waals surface area (Å²) in [6.45, 7) is 6.96. The zero-order valence-electron chi connectivity index (χ0n) is 19.1. The van der Waals surface area contributed by atoms with Gasteiger partial charge in [-0.1, -0.05) is 44.5 Å². The van der Waals surface area contributed by atoms with E-state index in [-0.39, 0.29) is 23.3 Å². The number of sulfonamides is 1. The van der Waals surface area contributed by atoms with E-state index in [4.69, 9.17) is 0 Å². The van der Waals surface area contributed by atoms with Gasteiger partial charge in [0.1, 0.15) is 0 Å². The molecule has 1 amide bonds. The van der Waals surface area contributed by atoms with Gasteiger partial charge >= 0.3 is 0 Å². The molecule has 0 atom stereocenters. The molecule has 0 unspecified atom stereocenters. The maximum absolute atomic E-state index is 12.9. The summed E-state index contributed by atoms with van der Waals surface area (Å²) in [6, 6.07) is 12.9. The van der Waals surface area contributed by atoms with Crippen molar-refractivity contribution in [1.82, 2.24) is 9.62 Å². The average molecular weight is 476 g/mol. The monoisotopic (exact) mass is 475 g/mol. The molecule has 2 aromatic rings. The quantitative estimate of drug-likeness (QED) is 0.523. The Labute approximate surface area is 196 Å². The number of hydrogen-bond acceptors (Lipinski definition) is 5. The lowest BCUT2D eigenvalue weighted by molar-refractivity contribution is -0.118. The molecule has 1 fully saturated rings. The van der Waals surface area contributed by atoms with Crippen LogP contribution in [-0.2, 0) is 27.9 Å². The third kappa shape index (κ3) is 6.81.